The smallest absolute Gasteiger partial charge is 0.348 e. The maximum atomic E-state index is 12.6. The molecule has 0 bridgehead atoms. The number of piperazine rings is 1. The molecule has 1 N–H and O–H groups in total. The number of nitrogens with one attached hydrogen (secondary N) is 1. The molecular formula is C20H31N3O5S. The molecule has 0 spiro atoms. The van der Waals surface area contributed by atoms with Crippen molar-refractivity contribution in [2.24, 2.45) is 0 Å². The largest absolute Gasteiger partial charge is 0.462 e. The second-order valence-corrected chi connectivity index (χ2v) is 7.89. The first-order valence-corrected chi connectivity index (χ1v) is 10.9. The maximum Gasteiger partial charge on any atom is 0.348 e. The first-order valence-electron chi connectivity index (χ1n) is 10.1. The zero-order valence-corrected chi connectivity index (χ0v) is 18.5. The number of hydrogen-bond donors (Lipinski definition) is 1. The maximum absolute atomic E-state index is 12.6. The Kier molecular flexibility index (Phi) is 9.06. The minimum absolute atomic E-state index is 0.207. The van der Waals surface area contributed by atoms with Crippen molar-refractivity contribution in [3.63, 3.8) is 0 Å². The SMILES string of the molecule is CCCN1CCN(CC(=O)Nc2sc(C(=O)OCC)c(C)c2C(=O)OCC)CC1. The lowest BCUT2D eigenvalue weighted by Crippen LogP contribution is -2.48. The van der Waals surface area contributed by atoms with Gasteiger partial charge >= 0.3 is 11.9 Å². The van der Waals surface area contributed by atoms with Crippen LogP contribution >= 0.6 is 11.3 Å². The van der Waals surface area contributed by atoms with E-state index in [9.17, 15) is 14.4 Å². The van der Waals surface area contributed by atoms with E-state index in [1.54, 1.807) is 20.8 Å². The highest BCUT2D eigenvalue weighted by molar-refractivity contribution is 7.18. The summed E-state index contributed by atoms with van der Waals surface area (Å²) in [6, 6.07) is 0. The lowest BCUT2D eigenvalue weighted by molar-refractivity contribution is -0.117. The predicted octanol–water partition coefficient (Wildman–Crippen LogP) is 2.38. The van der Waals surface area contributed by atoms with Gasteiger partial charge in [0.2, 0.25) is 5.91 Å². The van der Waals surface area contributed by atoms with Crippen molar-refractivity contribution in [3.8, 4) is 0 Å². The van der Waals surface area contributed by atoms with Crippen LogP contribution in [0.5, 0.6) is 0 Å². The van der Waals surface area contributed by atoms with E-state index in [-0.39, 0.29) is 31.2 Å². The van der Waals surface area contributed by atoms with Gasteiger partial charge in [-0.3, -0.25) is 9.69 Å². The number of hydrogen-bond acceptors (Lipinski definition) is 8. The first kappa shape index (κ1) is 23.3. The van der Waals surface area contributed by atoms with E-state index in [2.05, 4.69) is 22.0 Å². The standard InChI is InChI=1S/C20H31N3O5S/c1-5-8-22-9-11-23(12-10-22)13-15(24)21-18-16(19(25)27-6-2)14(4)17(29-18)20(26)28-7-3/h5-13H2,1-4H3,(H,21,24). The first-order chi connectivity index (χ1) is 13.9. The van der Waals surface area contributed by atoms with Gasteiger partial charge in [0, 0.05) is 26.2 Å². The van der Waals surface area contributed by atoms with Gasteiger partial charge in [-0.15, -0.1) is 11.3 Å². The average molecular weight is 426 g/mol. The van der Waals surface area contributed by atoms with E-state index >= 15 is 0 Å². The highest BCUT2D eigenvalue weighted by Gasteiger charge is 2.28. The summed E-state index contributed by atoms with van der Waals surface area (Å²) in [4.78, 5) is 42.0. The summed E-state index contributed by atoms with van der Waals surface area (Å²) in [5.41, 5.74) is 0.691. The van der Waals surface area contributed by atoms with Crippen LogP contribution in [0.15, 0.2) is 0 Å². The second-order valence-electron chi connectivity index (χ2n) is 6.87. The second kappa shape index (κ2) is 11.3. The molecule has 1 saturated heterocycles. The van der Waals surface area contributed by atoms with Crippen molar-refractivity contribution in [2.45, 2.75) is 34.1 Å². The predicted molar refractivity (Wildman–Crippen MR) is 113 cm³/mol. The Balaban J connectivity index is 2.09. The molecule has 0 saturated carbocycles. The third kappa shape index (κ3) is 6.25. The van der Waals surface area contributed by atoms with Gasteiger partial charge in [-0.1, -0.05) is 6.92 Å². The van der Waals surface area contributed by atoms with Gasteiger partial charge in [0.15, 0.2) is 0 Å². The summed E-state index contributed by atoms with van der Waals surface area (Å²) >= 11 is 1.05. The fraction of sp³-hybridized carbons (Fsp3) is 0.650. The lowest BCUT2D eigenvalue weighted by Gasteiger charge is -2.34. The molecule has 9 heteroatoms. The molecule has 1 aliphatic rings. The normalized spacial score (nSPS) is 15.2. The Morgan fingerprint density at radius 2 is 1.55 bits per heavy atom. The number of anilines is 1. The Morgan fingerprint density at radius 1 is 0.966 bits per heavy atom. The molecule has 0 aromatic carbocycles. The average Bonchev–Trinajstić information content (AvgIpc) is 3.00. The Hall–Kier alpha value is -1.97. The minimum atomic E-state index is -0.555. The molecular weight excluding hydrogens is 394 g/mol. The summed E-state index contributed by atoms with van der Waals surface area (Å²) in [5.74, 6) is -1.27. The molecule has 0 aliphatic carbocycles. The van der Waals surface area contributed by atoms with Crippen LogP contribution in [0.25, 0.3) is 0 Å². The monoisotopic (exact) mass is 425 g/mol. The fourth-order valence-corrected chi connectivity index (χ4v) is 4.40. The Morgan fingerprint density at radius 3 is 2.14 bits per heavy atom. The van der Waals surface area contributed by atoms with Gasteiger partial charge in [0.1, 0.15) is 9.88 Å². The third-order valence-electron chi connectivity index (χ3n) is 4.71. The summed E-state index contributed by atoms with van der Waals surface area (Å²) in [6.45, 7) is 12.6. The van der Waals surface area contributed by atoms with Crippen molar-refractivity contribution < 1.29 is 23.9 Å². The van der Waals surface area contributed by atoms with Crippen LogP contribution in [-0.2, 0) is 14.3 Å². The van der Waals surface area contributed by atoms with Crippen LogP contribution in [0.1, 0.15) is 52.8 Å². The molecule has 162 valence electrons. The van der Waals surface area contributed by atoms with Crippen molar-refractivity contribution in [3.05, 3.63) is 16.0 Å². The Bertz CT molecular complexity index is 726. The number of ether oxygens (including phenoxy) is 2. The van der Waals surface area contributed by atoms with E-state index in [1.165, 1.54) is 0 Å². The van der Waals surface area contributed by atoms with Crippen molar-refractivity contribution in [2.75, 3.05) is 57.8 Å². The molecule has 0 radical (unpaired) electrons. The van der Waals surface area contributed by atoms with Crippen LogP contribution in [0, 0.1) is 6.92 Å². The minimum Gasteiger partial charge on any atom is -0.462 e. The van der Waals surface area contributed by atoms with Gasteiger partial charge in [-0.25, -0.2) is 9.59 Å². The van der Waals surface area contributed by atoms with Crippen LogP contribution < -0.4 is 5.32 Å². The molecule has 2 heterocycles. The van der Waals surface area contributed by atoms with Crippen molar-refractivity contribution in [1.82, 2.24) is 9.80 Å². The van der Waals surface area contributed by atoms with Crippen LogP contribution in [-0.4, -0.2) is 80.1 Å². The summed E-state index contributed by atoms with van der Waals surface area (Å²) < 4.78 is 10.2. The third-order valence-corrected chi connectivity index (χ3v) is 5.90. The topological polar surface area (TPSA) is 88.2 Å². The number of amides is 1. The number of esters is 2. The van der Waals surface area contributed by atoms with Crippen LogP contribution in [0.4, 0.5) is 5.00 Å². The van der Waals surface area contributed by atoms with Crippen molar-refractivity contribution in [1.29, 1.82) is 0 Å². The molecule has 1 fully saturated rings. The molecule has 2 rings (SSSR count). The highest BCUT2D eigenvalue weighted by atomic mass is 32.1. The van der Waals surface area contributed by atoms with Gasteiger partial charge in [-0.05, 0) is 39.3 Å². The summed E-state index contributed by atoms with van der Waals surface area (Å²) in [7, 11) is 0. The van der Waals surface area contributed by atoms with Gasteiger partial charge in [-0.2, -0.15) is 0 Å². The molecule has 0 unspecified atom stereocenters. The van der Waals surface area contributed by atoms with E-state index in [0.29, 0.717) is 15.4 Å². The molecule has 29 heavy (non-hydrogen) atoms. The van der Waals surface area contributed by atoms with Gasteiger partial charge in [0.25, 0.3) is 0 Å². The molecule has 8 nitrogen and oxygen atoms in total. The number of rotatable bonds is 9. The molecule has 1 aliphatic heterocycles. The summed E-state index contributed by atoms with van der Waals surface area (Å²) in [5, 5.41) is 3.14. The van der Waals surface area contributed by atoms with Crippen molar-refractivity contribution >= 4 is 34.2 Å². The van der Waals surface area contributed by atoms with E-state index in [1.807, 2.05) is 0 Å². The zero-order valence-electron chi connectivity index (χ0n) is 17.7. The van der Waals surface area contributed by atoms with E-state index < -0.39 is 11.9 Å². The highest BCUT2D eigenvalue weighted by Crippen LogP contribution is 2.34. The van der Waals surface area contributed by atoms with E-state index in [4.69, 9.17) is 9.47 Å². The molecule has 0 atom stereocenters. The van der Waals surface area contributed by atoms with Crippen LogP contribution in [0.3, 0.4) is 0 Å². The zero-order chi connectivity index (χ0) is 21.4. The number of nitrogens with zero attached hydrogens (tertiary/aromatic N) is 2. The Labute approximate surface area is 176 Å². The quantitative estimate of drug-likeness (QED) is 0.608. The van der Waals surface area contributed by atoms with Gasteiger partial charge in [0.05, 0.1) is 25.3 Å². The number of carbonyl (C=O) groups excluding carboxylic acids is 3. The van der Waals surface area contributed by atoms with E-state index in [0.717, 1.165) is 50.5 Å². The fourth-order valence-electron chi connectivity index (χ4n) is 3.30. The lowest BCUT2D eigenvalue weighted by atomic mass is 10.1. The van der Waals surface area contributed by atoms with Gasteiger partial charge < -0.3 is 19.7 Å². The molecule has 1 amide bonds. The van der Waals surface area contributed by atoms with Crippen LogP contribution in [0.2, 0.25) is 0 Å². The number of thiophene rings is 1. The number of carbonyl (C=O) groups is 3. The summed E-state index contributed by atoms with van der Waals surface area (Å²) in [6.07, 6.45) is 1.12. The molecule has 1 aromatic heterocycles. The molecule has 1 aromatic rings.